The smallest absolute Gasteiger partial charge is 0.311 e. The summed E-state index contributed by atoms with van der Waals surface area (Å²) in [5.74, 6) is 2.44. The molecule has 0 aliphatic carbocycles. The van der Waals surface area contributed by atoms with E-state index >= 15 is 0 Å². The summed E-state index contributed by atoms with van der Waals surface area (Å²) >= 11 is 0. The molecule has 0 saturated heterocycles. The summed E-state index contributed by atoms with van der Waals surface area (Å²) in [7, 11) is 6.34. The zero-order chi connectivity index (χ0) is 30.4. The molecule has 6 heteroatoms. The number of methoxy groups -OCH3 is 4. The lowest BCUT2D eigenvalue weighted by Gasteiger charge is -2.13. The van der Waals surface area contributed by atoms with Crippen molar-refractivity contribution in [1.29, 1.82) is 0 Å². The Balaban J connectivity index is 1.72. The quantitative estimate of drug-likeness (QED) is 0.0562. The van der Waals surface area contributed by atoms with Crippen LogP contribution in [0.4, 0.5) is 0 Å². The van der Waals surface area contributed by atoms with E-state index in [0.717, 1.165) is 24.0 Å². The second-order valence-electron chi connectivity index (χ2n) is 10.9. The van der Waals surface area contributed by atoms with Crippen molar-refractivity contribution in [2.24, 2.45) is 0 Å². The average Bonchev–Trinajstić information content (AvgIpc) is 3.01. The van der Waals surface area contributed by atoms with Gasteiger partial charge in [0.05, 0.1) is 28.4 Å². The molecule has 6 nitrogen and oxygen atoms in total. The van der Waals surface area contributed by atoms with Gasteiger partial charge in [0.25, 0.3) is 0 Å². The van der Waals surface area contributed by atoms with Crippen molar-refractivity contribution >= 4 is 18.1 Å². The molecule has 0 aliphatic rings. The van der Waals surface area contributed by atoms with E-state index in [4.69, 9.17) is 23.7 Å². The van der Waals surface area contributed by atoms with Crippen LogP contribution in [0.2, 0.25) is 0 Å². The third-order valence-electron chi connectivity index (χ3n) is 7.55. The lowest BCUT2D eigenvalue weighted by atomic mass is 10.0. The molecule has 0 heterocycles. The van der Waals surface area contributed by atoms with Crippen molar-refractivity contribution in [3.05, 3.63) is 41.5 Å². The standard InChI is InChI=1S/C36H54O6/c1-6-7-8-9-10-11-12-13-14-15-16-17-18-19-20-21-35(37)42-32-26-29(24-25-31(32)38-2)22-23-30-27-33(39-3)36(41-5)34(28-30)40-4/h22-28H,6-21H2,1-5H3/b23-22+. The molecule has 0 aromatic heterocycles. The predicted octanol–water partition coefficient (Wildman–Crippen LogP) is 10.1. The molecule has 0 spiro atoms. The number of esters is 1. The van der Waals surface area contributed by atoms with E-state index in [1.165, 1.54) is 83.5 Å². The minimum absolute atomic E-state index is 0.228. The Morgan fingerprint density at radius 3 is 1.48 bits per heavy atom. The Kier molecular flexibility index (Phi) is 18.0. The van der Waals surface area contributed by atoms with Crippen molar-refractivity contribution in [2.45, 2.75) is 110 Å². The van der Waals surface area contributed by atoms with Crippen LogP contribution in [0, 0.1) is 0 Å². The molecule has 0 fully saturated rings. The van der Waals surface area contributed by atoms with Crippen molar-refractivity contribution in [3.8, 4) is 28.7 Å². The van der Waals surface area contributed by atoms with E-state index in [2.05, 4.69) is 6.92 Å². The Bertz CT molecular complexity index is 1040. The summed E-state index contributed by atoms with van der Waals surface area (Å²) in [6, 6.07) is 9.29. The van der Waals surface area contributed by atoms with Crippen molar-refractivity contribution < 1.29 is 28.5 Å². The molecule has 2 aromatic rings. The van der Waals surface area contributed by atoms with Gasteiger partial charge in [-0.3, -0.25) is 4.79 Å². The van der Waals surface area contributed by atoms with Crippen molar-refractivity contribution in [3.63, 3.8) is 0 Å². The van der Waals surface area contributed by atoms with Crippen LogP contribution in [0.15, 0.2) is 30.3 Å². The van der Waals surface area contributed by atoms with Gasteiger partial charge in [-0.2, -0.15) is 0 Å². The number of carbonyl (C=O) groups excluding carboxylic acids is 1. The largest absolute Gasteiger partial charge is 0.493 e. The monoisotopic (exact) mass is 582 g/mol. The zero-order valence-corrected chi connectivity index (χ0v) is 26.8. The highest BCUT2D eigenvalue weighted by atomic mass is 16.6. The molecule has 0 radical (unpaired) electrons. The summed E-state index contributed by atoms with van der Waals surface area (Å²) in [4.78, 5) is 12.6. The Labute approximate surface area is 254 Å². The number of benzene rings is 2. The van der Waals surface area contributed by atoms with Gasteiger partial charge in [0.1, 0.15) is 0 Å². The van der Waals surface area contributed by atoms with E-state index in [0.29, 0.717) is 35.2 Å². The fraction of sp³-hybridized carbons (Fsp3) is 0.583. The van der Waals surface area contributed by atoms with E-state index in [-0.39, 0.29) is 5.97 Å². The summed E-state index contributed by atoms with van der Waals surface area (Å²) in [5, 5.41) is 0. The Morgan fingerprint density at radius 2 is 1.00 bits per heavy atom. The molecule has 0 atom stereocenters. The molecular weight excluding hydrogens is 528 g/mol. The Morgan fingerprint density at radius 1 is 0.548 bits per heavy atom. The van der Waals surface area contributed by atoms with E-state index in [9.17, 15) is 4.79 Å². The second-order valence-corrected chi connectivity index (χ2v) is 10.9. The third-order valence-corrected chi connectivity index (χ3v) is 7.55. The minimum Gasteiger partial charge on any atom is -0.493 e. The van der Waals surface area contributed by atoms with Gasteiger partial charge in [-0.25, -0.2) is 0 Å². The topological polar surface area (TPSA) is 63.2 Å². The molecule has 2 aromatic carbocycles. The van der Waals surface area contributed by atoms with Gasteiger partial charge >= 0.3 is 5.97 Å². The second kappa shape index (κ2) is 21.5. The van der Waals surface area contributed by atoms with Crippen LogP contribution in [0.25, 0.3) is 12.2 Å². The van der Waals surface area contributed by atoms with Gasteiger partial charge in [0, 0.05) is 6.42 Å². The highest BCUT2D eigenvalue weighted by Gasteiger charge is 2.13. The maximum absolute atomic E-state index is 12.6. The number of ether oxygens (including phenoxy) is 5. The Hall–Kier alpha value is -3.15. The SMILES string of the molecule is CCCCCCCCCCCCCCCCCC(=O)Oc1cc(/C=C/c2cc(OC)c(OC)c(OC)c2)ccc1OC. The van der Waals surface area contributed by atoms with Crippen LogP contribution in [0.5, 0.6) is 28.7 Å². The van der Waals surface area contributed by atoms with E-state index < -0.39 is 0 Å². The first-order valence-corrected chi connectivity index (χ1v) is 15.9. The summed E-state index contributed by atoms with van der Waals surface area (Å²) in [6.07, 6.45) is 23.7. The van der Waals surface area contributed by atoms with Gasteiger partial charge in [-0.1, -0.05) is 115 Å². The highest BCUT2D eigenvalue weighted by molar-refractivity contribution is 5.76. The maximum Gasteiger partial charge on any atom is 0.311 e. The van der Waals surface area contributed by atoms with Gasteiger partial charge in [-0.15, -0.1) is 0 Å². The molecular formula is C36H54O6. The number of unbranched alkanes of at least 4 members (excludes halogenated alkanes) is 14. The average molecular weight is 583 g/mol. The van der Waals surface area contributed by atoms with Crippen LogP contribution in [0.3, 0.4) is 0 Å². The van der Waals surface area contributed by atoms with Crippen LogP contribution in [-0.4, -0.2) is 34.4 Å². The molecule has 2 rings (SSSR count). The third kappa shape index (κ3) is 13.2. The van der Waals surface area contributed by atoms with Gasteiger partial charge < -0.3 is 23.7 Å². The summed E-state index contributed by atoms with van der Waals surface area (Å²) in [6.45, 7) is 2.27. The number of hydrogen-bond donors (Lipinski definition) is 0. The van der Waals surface area contributed by atoms with E-state index in [1.54, 1.807) is 28.4 Å². The normalized spacial score (nSPS) is 11.1. The van der Waals surface area contributed by atoms with Crippen molar-refractivity contribution in [1.82, 2.24) is 0 Å². The molecule has 0 bridgehead atoms. The van der Waals surface area contributed by atoms with Crippen molar-refractivity contribution in [2.75, 3.05) is 28.4 Å². The van der Waals surface area contributed by atoms with Gasteiger partial charge in [-0.05, 0) is 41.8 Å². The van der Waals surface area contributed by atoms with Crippen LogP contribution in [0.1, 0.15) is 121 Å². The molecule has 0 N–H and O–H groups in total. The van der Waals surface area contributed by atoms with Gasteiger partial charge in [0.2, 0.25) is 5.75 Å². The molecule has 0 unspecified atom stereocenters. The molecule has 42 heavy (non-hydrogen) atoms. The first-order valence-electron chi connectivity index (χ1n) is 15.9. The fourth-order valence-electron chi connectivity index (χ4n) is 5.08. The maximum atomic E-state index is 12.6. The molecule has 0 saturated carbocycles. The highest BCUT2D eigenvalue weighted by Crippen LogP contribution is 2.39. The molecule has 234 valence electrons. The molecule has 0 amide bonds. The first kappa shape index (κ1) is 35.0. The van der Waals surface area contributed by atoms with Crippen LogP contribution >= 0.6 is 0 Å². The minimum atomic E-state index is -0.228. The fourth-order valence-corrected chi connectivity index (χ4v) is 5.08. The van der Waals surface area contributed by atoms with E-state index in [1.807, 2.05) is 42.5 Å². The number of hydrogen-bond acceptors (Lipinski definition) is 6. The van der Waals surface area contributed by atoms with Crippen LogP contribution in [-0.2, 0) is 4.79 Å². The first-order chi connectivity index (χ1) is 20.6. The predicted molar refractivity (Wildman–Crippen MR) is 173 cm³/mol. The number of rotatable bonds is 23. The summed E-state index contributed by atoms with van der Waals surface area (Å²) < 4.78 is 27.4. The molecule has 0 aliphatic heterocycles. The lowest BCUT2D eigenvalue weighted by Crippen LogP contribution is -2.08. The van der Waals surface area contributed by atoms with Crippen LogP contribution < -0.4 is 23.7 Å². The zero-order valence-electron chi connectivity index (χ0n) is 26.8. The van der Waals surface area contributed by atoms with Gasteiger partial charge in [0.15, 0.2) is 23.0 Å². The summed E-state index contributed by atoms with van der Waals surface area (Å²) in [5.41, 5.74) is 1.76. The lowest BCUT2D eigenvalue weighted by molar-refractivity contribution is -0.134. The number of carbonyl (C=O) groups is 1.